The van der Waals surface area contributed by atoms with Crippen LogP contribution in [0.15, 0.2) is 0 Å². The predicted molar refractivity (Wildman–Crippen MR) is 70.1 cm³/mol. The summed E-state index contributed by atoms with van der Waals surface area (Å²) in [5.74, 6) is 0.146. The molecule has 1 amide bonds. The number of nitrogens with zero attached hydrogens (tertiary/aromatic N) is 1. The molecule has 0 aromatic heterocycles. The molecule has 1 saturated carbocycles. The molecule has 0 bridgehead atoms. The van der Waals surface area contributed by atoms with Crippen LogP contribution in [0.25, 0.3) is 0 Å². The lowest BCUT2D eigenvalue weighted by molar-refractivity contribution is -0.175. The van der Waals surface area contributed by atoms with Crippen LogP contribution in [0.4, 0.5) is 0 Å². The number of rotatable bonds is 4. The highest BCUT2D eigenvalue weighted by atomic mass is 16.5. The Bertz CT molecular complexity index is 343. The summed E-state index contributed by atoms with van der Waals surface area (Å²) < 4.78 is 5.69. The van der Waals surface area contributed by atoms with Gasteiger partial charge in [0.1, 0.15) is 5.54 Å². The van der Waals surface area contributed by atoms with Crippen LogP contribution in [0.2, 0.25) is 0 Å². The molecular weight excluding hydrogens is 230 g/mol. The standard InChI is InChI=1S/C13H25N3O2/c1-12(2)10-9(5-8-18-10)13(12,14)11(17)15-6-7-16(3)4/h9-10H,5-8,14H2,1-4H3,(H,15,17). The van der Waals surface area contributed by atoms with Crippen LogP contribution in [0.5, 0.6) is 0 Å². The summed E-state index contributed by atoms with van der Waals surface area (Å²) in [6.45, 7) is 6.25. The molecule has 2 rings (SSSR count). The molecule has 5 nitrogen and oxygen atoms in total. The number of ether oxygens (including phenoxy) is 1. The summed E-state index contributed by atoms with van der Waals surface area (Å²) in [7, 11) is 3.97. The molecule has 0 radical (unpaired) electrons. The van der Waals surface area contributed by atoms with Gasteiger partial charge in [-0.15, -0.1) is 0 Å². The summed E-state index contributed by atoms with van der Waals surface area (Å²) in [6, 6.07) is 0. The second-order valence-corrected chi connectivity index (χ2v) is 6.34. The zero-order valence-electron chi connectivity index (χ0n) is 11.8. The van der Waals surface area contributed by atoms with Gasteiger partial charge in [0.15, 0.2) is 0 Å². The van der Waals surface area contributed by atoms with Crippen molar-refractivity contribution in [1.82, 2.24) is 10.2 Å². The first-order valence-corrected chi connectivity index (χ1v) is 6.65. The number of carbonyl (C=O) groups is 1. The molecule has 18 heavy (non-hydrogen) atoms. The van der Waals surface area contributed by atoms with Crippen LogP contribution in [0.1, 0.15) is 20.3 Å². The highest BCUT2D eigenvalue weighted by Gasteiger charge is 2.71. The van der Waals surface area contributed by atoms with Gasteiger partial charge in [0.05, 0.1) is 6.10 Å². The monoisotopic (exact) mass is 255 g/mol. The minimum atomic E-state index is -0.777. The van der Waals surface area contributed by atoms with E-state index in [1.807, 2.05) is 32.8 Å². The number of carbonyl (C=O) groups excluding carboxylic acids is 1. The van der Waals surface area contributed by atoms with Gasteiger partial charge >= 0.3 is 0 Å². The summed E-state index contributed by atoms with van der Waals surface area (Å²) >= 11 is 0. The van der Waals surface area contributed by atoms with Gasteiger partial charge in [-0.3, -0.25) is 4.79 Å². The van der Waals surface area contributed by atoms with E-state index < -0.39 is 5.54 Å². The number of hydrogen-bond donors (Lipinski definition) is 2. The minimum Gasteiger partial charge on any atom is -0.377 e. The van der Waals surface area contributed by atoms with E-state index in [4.69, 9.17) is 10.5 Å². The van der Waals surface area contributed by atoms with Crippen molar-refractivity contribution in [3.8, 4) is 0 Å². The molecule has 2 aliphatic rings. The van der Waals surface area contributed by atoms with Gasteiger partial charge in [0.25, 0.3) is 0 Å². The highest BCUT2D eigenvalue weighted by molar-refractivity contribution is 5.89. The van der Waals surface area contributed by atoms with Crippen molar-refractivity contribution in [2.75, 3.05) is 33.8 Å². The van der Waals surface area contributed by atoms with E-state index in [-0.39, 0.29) is 23.3 Å². The molecule has 0 aromatic carbocycles. The number of likely N-dealkylation sites (N-methyl/N-ethyl adjacent to an activating group) is 1. The van der Waals surface area contributed by atoms with Crippen LogP contribution in [0.3, 0.4) is 0 Å². The van der Waals surface area contributed by atoms with Crippen molar-refractivity contribution in [2.24, 2.45) is 17.1 Å². The van der Waals surface area contributed by atoms with Crippen molar-refractivity contribution in [3.63, 3.8) is 0 Å². The third-order valence-electron chi connectivity index (χ3n) is 4.67. The first kappa shape index (κ1) is 13.8. The number of fused-ring (bicyclic) bond motifs is 1. The van der Waals surface area contributed by atoms with Crippen molar-refractivity contribution >= 4 is 5.91 Å². The Kier molecular flexibility index (Phi) is 3.42. The second-order valence-electron chi connectivity index (χ2n) is 6.34. The molecule has 3 unspecified atom stereocenters. The van der Waals surface area contributed by atoms with E-state index in [0.717, 1.165) is 19.6 Å². The second kappa shape index (κ2) is 4.47. The average Bonchev–Trinajstić information content (AvgIpc) is 2.74. The third-order valence-corrected chi connectivity index (χ3v) is 4.67. The Hall–Kier alpha value is -0.650. The topological polar surface area (TPSA) is 67.6 Å². The molecule has 5 heteroatoms. The first-order valence-electron chi connectivity index (χ1n) is 6.65. The smallest absolute Gasteiger partial charge is 0.241 e. The maximum atomic E-state index is 12.4. The van der Waals surface area contributed by atoms with E-state index in [9.17, 15) is 4.79 Å². The average molecular weight is 255 g/mol. The number of amides is 1. The predicted octanol–water partition coefficient (Wildman–Crippen LogP) is -0.193. The molecule has 1 aliphatic heterocycles. The fraction of sp³-hybridized carbons (Fsp3) is 0.923. The highest BCUT2D eigenvalue weighted by Crippen LogP contribution is 2.58. The van der Waals surface area contributed by atoms with Gasteiger partial charge in [-0.05, 0) is 20.5 Å². The van der Waals surface area contributed by atoms with Crippen LogP contribution in [-0.2, 0) is 9.53 Å². The molecular formula is C13H25N3O2. The maximum Gasteiger partial charge on any atom is 0.241 e. The van der Waals surface area contributed by atoms with Gasteiger partial charge < -0.3 is 20.7 Å². The Morgan fingerprint density at radius 3 is 2.78 bits per heavy atom. The van der Waals surface area contributed by atoms with Gasteiger partial charge in [0, 0.05) is 31.0 Å². The molecule has 0 aromatic rings. The number of hydrogen-bond acceptors (Lipinski definition) is 4. The normalized spacial score (nSPS) is 37.2. The quantitative estimate of drug-likeness (QED) is 0.730. The molecule has 2 fully saturated rings. The fourth-order valence-corrected chi connectivity index (χ4v) is 3.38. The van der Waals surface area contributed by atoms with Crippen molar-refractivity contribution < 1.29 is 9.53 Å². The van der Waals surface area contributed by atoms with E-state index in [2.05, 4.69) is 5.32 Å². The molecule has 3 N–H and O–H groups in total. The zero-order valence-corrected chi connectivity index (χ0v) is 11.8. The van der Waals surface area contributed by atoms with Crippen LogP contribution < -0.4 is 11.1 Å². The number of nitrogens with one attached hydrogen (secondary N) is 1. The van der Waals surface area contributed by atoms with Gasteiger partial charge in [-0.1, -0.05) is 13.8 Å². The summed E-state index contributed by atoms with van der Waals surface area (Å²) in [4.78, 5) is 14.4. The van der Waals surface area contributed by atoms with E-state index in [0.29, 0.717) is 6.54 Å². The van der Waals surface area contributed by atoms with Crippen molar-refractivity contribution in [2.45, 2.75) is 31.9 Å². The number of nitrogens with two attached hydrogens (primary N) is 1. The maximum absolute atomic E-state index is 12.4. The molecule has 0 spiro atoms. The van der Waals surface area contributed by atoms with Crippen LogP contribution >= 0.6 is 0 Å². The molecule has 1 aliphatic carbocycles. The third kappa shape index (κ3) is 1.76. The molecule has 1 saturated heterocycles. The zero-order chi connectivity index (χ0) is 13.6. The Balaban J connectivity index is 2.00. The van der Waals surface area contributed by atoms with Gasteiger partial charge in [-0.25, -0.2) is 0 Å². The Labute approximate surface area is 109 Å². The van der Waals surface area contributed by atoms with Crippen LogP contribution in [0, 0.1) is 11.3 Å². The SMILES string of the molecule is CN(C)CCNC(=O)C1(N)C2CCOC2C1(C)C. The van der Waals surface area contributed by atoms with Crippen LogP contribution in [-0.4, -0.2) is 56.2 Å². The van der Waals surface area contributed by atoms with E-state index in [1.165, 1.54) is 0 Å². The lowest BCUT2D eigenvalue weighted by Crippen LogP contribution is -2.80. The minimum absolute atomic E-state index is 0.0268. The van der Waals surface area contributed by atoms with Gasteiger partial charge in [0.2, 0.25) is 5.91 Å². The fourth-order valence-electron chi connectivity index (χ4n) is 3.38. The first-order chi connectivity index (χ1) is 8.31. The molecule has 104 valence electrons. The summed E-state index contributed by atoms with van der Waals surface area (Å²) in [6.07, 6.45) is 1.04. The Morgan fingerprint density at radius 1 is 1.50 bits per heavy atom. The molecule has 3 atom stereocenters. The van der Waals surface area contributed by atoms with Crippen molar-refractivity contribution in [3.05, 3.63) is 0 Å². The summed E-state index contributed by atoms with van der Waals surface area (Å²) in [5, 5.41) is 2.96. The van der Waals surface area contributed by atoms with E-state index >= 15 is 0 Å². The van der Waals surface area contributed by atoms with Gasteiger partial charge in [-0.2, -0.15) is 0 Å². The lowest BCUT2D eigenvalue weighted by Gasteiger charge is -2.60. The summed E-state index contributed by atoms with van der Waals surface area (Å²) in [5.41, 5.74) is 5.36. The Morgan fingerprint density at radius 2 is 2.17 bits per heavy atom. The largest absolute Gasteiger partial charge is 0.377 e. The molecule has 1 heterocycles. The van der Waals surface area contributed by atoms with Crippen molar-refractivity contribution in [1.29, 1.82) is 0 Å². The lowest BCUT2D eigenvalue weighted by atomic mass is 9.48. The van der Waals surface area contributed by atoms with E-state index in [1.54, 1.807) is 0 Å².